The van der Waals surface area contributed by atoms with Gasteiger partial charge in [0.25, 0.3) is 0 Å². The normalized spacial score (nSPS) is 11.7. The van der Waals surface area contributed by atoms with Crippen molar-refractivity contribution in [2.24, 2.45) is 4.99 Å². The highest BCUT2D eigenvalue weighted by atomic mass is 16.5. The van der Waals surface area contributed by atoms with Gasteiger partial charge in [0.1, 0.15) is 12.2 Å². The second-order valence-electron chi connectivity index (χ2n) is 5.27. The molecule has 0 aliphatic heterocycles. The SMILES string of the molecule is CCOCCCNC(=NCCCOC)NCCn1cnnc1CC. The molecule has 0 saturated heterocycles. The molecule has 0 saturated carbocycles. The highest BCUT2D eigenvalue weighted by molar-refractivity contribution is 5.79. The number of nitrogens with one attached hydrogen (secondary N) is 2. The summed E-state index contributed by atoms with van der Waals surface area (Å²) in [5.41, 5.74) is 0. The molecule has 0 bridgehead atoms. The zero-order valence-electron chi connectivity index (χ0n) is 15.3. The molecule has 0 spiro atoms. The van der Waals surface area contributed by atoms with Crippen molar-refractivity contribution in [1.29, 1.82) is 0 Å². The average molecular weight is 340 g/mol. The molecule has 0 aliphatic rings. The van der Waals surface area contributed by atoms with E-state index in [4.69, 9.17) is 9.47 Å². The van der Waals surface area contributed by atoms with Crippen LogP contribution < -0.4 is 10.6 Å². The molecule has 0 fully saturated rings. The molecular weight excluding hydrogens is 308 g/mol. The Bertz CT molecular complexity index is 450. The van der Waals surface area contributed by atoms with E-state index in [1.54, 1.807) is 13.4 Å². The Morgan fingerprint density at radius 1 is 1.21 bits per heavy atom. The van der Waals surface area contributed by atoms with Gasteiger partial charge in [0.2, 0.25) is 0 Å². The summed E-state index contributed by atoms with van der Waals surface area (Å²) in [5.74, 6) is 1.83. The number of aryl methyl sites for hydroxylation is 1. The van der Waals surface area contributed by atoms with E-state index in [0.29, 0.717) is 0 Å². The van der Waals surface area contributed by atoms with Gasteiger partial charge < -0.3 is 24.7 Å². The lowest BCUT2D eigenvalue weighted by Crippen LogP contribution is -2.40. The minimum Gasteiger partial charge on any atom is -0.385 e. The van der Waals surface area contributed by atoms with Crippen molar-refractivity contribution in [3.8, 4) is 0 Å². The third-order valence-corrected chi connectivity index (χ3v) is 3.40. The van der Waals surface area contributed by atoms with Crippen LogP contribution >= 0.6 is 0 Å². The maximum absolute atomic E-state index is 5.35. The van der Waals surface area contributed by atoms with Gasteiger partial charge >= 0.3 is 0 Å². The standard InChI is InChI=1S/C16H32N6O2/c1-4-15-21-20-14-22(15)11-10-19-16(17-8-6-12-23-3)18-9-7-13-24-5-2/h14H,4-13H2,1-3H3,(H2,17,18,19). The predicted molar refractivity (Wildman–Crippen MR) is 95.3 cm³/mol. The summed E-state index contributed by atoms with van der Waals surface area (Å²) in [4.78, 5) is 4.57. The van der Waals surface area contributed by atoms with Crippen LogP contribution in [-0.4, -0.2) is 67.3 Å². The van der Waals surface area contributed by atoms with Crippen LogP contribution in [-0.2, 0) is 22.4 Å². The molecular formula is C16H32N6O2. The molecule has 1 aromatic heterocycles. The lowest BCUT2D eigenvalue weighted by atomic mass is 10.4. The fourth-order valence-corrected chi connectivity index (χ4v) is 2.13. The van der Waals surface area contributed by atoms with Crippen LogP contribution in [0.4, 0.5) is 0 Å². The molecule has 1 rings (SSSR count). The van der Waals surface area contributed by atoms with Crippen LogP contribution in [0.1, 0.15) is 32.5 Å². The van der Waals surface area contributed by atoms with Crippen molar-refractivity contribution in [2.75, 3.05) is 46.6 Å². The third kappa shape index (κ3) is 8.83. The Labute approximate surface area is 145 Å². The molecule has 1 heterocycles. The van der Waals surface area contributed by atoms with E-state index in [1.807, 2.05) is 6.92 Å². The fraction of sp³-hybridized carbons (Fsp3) is 0.812. The number of nitrogens with zero attached hydrogens (tertiary/aromatic N) is 4. The molecule has 0 aromatic carbocycles. The van der Waals surface area contributed by atoms with Crippen LogP contribution in [0.2, 0.25) is 0 Å². The summed E-state index contributed by atoms with van der Waals surface area (Å²) in [6, 6.07) is 0. The van der Waals surface area contributed by atoms with Crippen LogP contribution in [0.5, 0.6) is 0 Å². The van der Waals surface area contributed by atoms with Crippen molar-refractivity contribution in [1.82, 2.24) is 25.4 Å². The van der Waals surface area contributed by atoms with Gasteiger partial charge in [-0.15, -0.1) is 10.2 Å². The molecule has 0 atom stereocenters. The van der Waals surface area contributed by atoms with Crippen molar-refractivity contribution < 1.29 is 9.47 Å². The lowest BCUT2D eigenvalue weighted by Gasteiger charge is -2.13. The van der Waals surface area contributed by atoms with Crippen LogP contribution in [0.3, 0.4) is 0 Å². The number of aromatic nitrogens is 3. The van der Waals surface area contributed by atoms with Gasteiger partial charge in [0.05, 0.1) is 0 Å². The molecule has 0 amide bonds. The van der Waals surface area contributed by atoms with E-state index < -0.39 is 0 Å². The minimum atomic E-state index is 0.724. The van der Waals surface area contributed by atoms with Gasteiger partial charge in [-0.3, -0.25) is 4.99 Å². The van der Waals surface area contributed by atoms with Gasteiger partial charge in [-0.05, 0) is 19.8 Å². The second-order valence-corrected chi connectivity index (χ2v) is 5.27. The van der Waals surface area contributed by atoms with E-state index >= 15 is 0 Å². The molecule has 2 N–H and O–H groups in total. The smallest absolute Gasteiger partial charge is 0.191 e. The molecule has 0 aliphatic carbocycles. The van der Waals surface area contributed by atoms with Crippen LogP contribution in [0.15, 0.2) is 11.3 Å². The van der Waals surface area contributed by atoms with Gasteiger partial charge in [-0.1, -0.05) is 6.92 Å². The van der Waals surface area contributed by atoms with E-state index in [1.165, 1.54) is 0 Å². The third-order valence-electron chi connectivity index (χ3n) is 3.40. The first-order valence-corrected chi connectivity index (χ1v) is 8.77. The maximum atomic E-state index is 5.35. The van der Waals surface area contributed by atoms with Crippen molar-refractivity contribution >= 4 is 5.96 Å². The Balaban J connectivity index is 2.36. The maximum Gasteiger partial charge on any atom is 0.191 e. The van der Waals surface area contributed by atoms with Gasteiger partial charge in [0.15, 0.2) is 5.96 Å². The minimum absolute atomic E-state index is 0.724. The molecule has 8 nitrogen and oxygen atoms in total. The molecule has 138 valence electrons. The molecule has 8 heteroatoms. The summed E-state index contributed by atoms with van der Waals surface area (Å²) in [6.07, 6.45) is 4.52. The molecule has 1 aromatic rings. The Hall–Kier alpha value is -1.67. The monoisotopic (exact) mass is 340 g/mol. The van der Waals surface area contributed by atoms with Crippen molar-refractivity contribution in [3.63, 3.8) is 0 Å². The predicted octanol–water partition coefficient (Wildman–Crippen LogP) is 0.839. The fourth-order valence-electron chi connectivity index (χ4n) is 2.13. The number of hydrogen-bond acceptors (Lipinski definition) is 5. The molecule has 0 unspecified atom stereocenters. The van der Waals surface area contributed by atoms with E-state index in [0.717, 1.165) is 77.0 Å². The van der Waals surface area contributed by atoms with Crippen LogP contribution in [0, 0.1) is 0 Å². The number of ether oxygens (including phenoxy) is 2. The number of rotatable bonds is 13. The summed E-state index contributed by atoms with van der Waals surface area (Å²) < 4.78 is 12.5. The summed E-state index contributed by atoms with van der Waals surface area (Å²) in [7, 11) is 1.71. The first-order valence-electron chi connectivity index (χ1n) is 8.77. The number of guanidine groups is 1. The number of hydrogen-bond donors (Lipinski definition) is 2. The first kappa shape index (κ1) is 20.4. The van der Waals surface area contributed by atoms with Crippen LogP contribution in [0.25, 0.3) is 0 Å². The Kier molecular flexibility index (Phi) is 11.7. The van der Waals surface area contributed by atoms with Gasteiger partial charge in [-0.2, -0.15) is 0 Å². The molecule has 0 radical (unpaired) electrons. The van der Waals surface area contributed by atoms with E-state index in [2.05, 4.69) is 37.3 Å². The number of methoxy groups -OCH3 is 1. The topological polar surface area (TPSA) is 85.6 Å². The molecule has 24 heavy (non-hydrogen) atoms. The summed E-state index contributed by atoms with van der Waals surface area (Å²) in [6.45, 7) is 9.49. The average Bonchev–Trinajstić information content (AvgIpc) is 3.05. The van der Waals surface area contributed by atoms with Gasteiger partial charge in [-0.25, -0.2) is 0 Å². The van der Waals surface area contributed by atoms with E-state index in [9.17, 15) is 0 Å². The lowest BCUT2D eigenvalue weighted by molar-refractivity contribution is 0.145. The van der Waals surface area contributed by atoms with Crippen molar-refractivity contribution in [2.45, 2.75) is 39.7 Å². The summed E-state index contributed by atoms with van der Waals surface area (Å²) in [5, 5.41) is 14.7. The first-order chi connectivity index (χ1) is 11.8. The zero-order valence-corrected chi connectivity index (χ0v) is 15.3. The second kappa shape index (κ2) is 13.7. The van der Waals surface area contributed by atoms with E-state index in [-0.39, 0.29) is 0 Å². The summed E-state index contributed by atoms with van der Waals surface area (Å²) >= 11 is 0. The quantitative estimate of drug-likeness (QED) is 0.314. The Morgan fingerprint density at radius 3 is 2.79 bits per heavy atom. The van der Waals surface area contributed by atoms with Gasteiger partial charge in [0, 0.05) is 59.5 Å². The number of aliphatic imine (C=N–C) groups is 1. The largest absolute Gasteiger partial charge is 0.385 e. The highest BCUT2D eigenvalue weighted by Gasteiger charge is 2.02. The highest BCUT2D eigenvalue weighted by Crippen LogP contribution is 1.94. The Morgan fingerprint density at radius 2 is 2.04 bits per heavy atom. The van der Waals surface area contributed by atoms with Crippen molar-refractivity contribution in [3.05, 3.63) is 12.2 Å². The zero-order chi connectivity index (χ0) is 17.5.